The molecule has 0 atom stereocenters. The molecule has 0 bridgehead atoms. The predicted molar refractivity (Wildman–Crippen MR) is 53.6 cm³/mol. The minimum atomic E-state index is -0.219. The lowest BCUT2D eigenvalue weighted by Crippen LogP contribution is -2.28. The van der Waals surface area contributed by atoms with Gasteiger partial charge in [-0.1, -0.05) is 5.16 Å². The normalized spacial score (nSPS) is 12.0. The van der Waals surface area contributed by atoms with Crippen molar-refractivity contribution in [3.8, 4) is 0 Å². The highest BCUT2D eigenvalue weighted by Gasteiger charge is 2.25. The predicted octanol–water partition coefficient (Wildman–Crippen LogP) is 1.17. The number of rotatable bonds is 4. The first-order chi connectivity index (χ1) is 6.10. The molecule has 4 nitrogen and oxygen atoms in total. The lowest BCUT2D eigenvalue weighted by Gasteiger charge is -2.15. The summed E-state index contributed by atoms with van der Waals surface area (Å²) in [5.74, 6) is 2.15. The Kier molecular flexibility index (Phi) is 3.33. The summed E-state index contributed by atoms with van der Waals surface area (Å²) in [6, 6.07) is 0. The minimum Gasteiger partial charge on any atom is -0.339 e. The van der Waals surface area contributed by atoms with Crippen molar-refractivity contribution in [2.75, 3.05) is 12.8 Å². The third-order valence-corrected chi connectivity index (χ3v) is 2.38. The summed E-state index contributed by atoms with van der Waals surface area (Å²) in [5.41, 5.74) is 5.37. The van der Waals surface area contributed by atoms with Gasteiger partial charge in [0.05, 0.1) is 11.2 Å². The molecule has 0 saturated carbocycles. The Morgan fingerprint density at radius 2 is 2.23 bits per heavy atom. The van der Waals surface area contributed by atoms with E-state index in [4.69, 9.17) is 10.3 Å². The van der Waals surface area contributed by atoms with Crippen molar-refractivity contribution in [3.63, 3.8) is 0 Å². The Balaban J connectivity index is 2.79. The molecule has 74 valence electrons. The zero-order valence-electron chi connectivity index (χ0n) is 8.20. The molecule has 0 aliphatic rings. The second kappa shape index (κ2) is 4.11. The summed E-state index contributed by atoms with van der Waals surface area (Å²) in [6.07, 6.45) is 2.00. The molecular weight excluding hydrogens is 186 g/mol. The molecule has 0 unspecified atom stereocenters. The van der Waals surface area contributed by atoms with Crippen molar-refractivity contribution in [1.82, 2.24) is 10.1 Å². The first-order valence-electron chi connectivity index (χ1n) is 4.12. The van der Waals surface area contributed by atoms with Gasteiger partial charge in [0.25, 0.3) is 0 Å². The molecule has 0 radical (unpaired) electrons. The van der Waals surface area contributed by atoms with Gasteiger partial charge in [-0.25, -0.2) is 0 Å². The highest BCUT2D eigenvalue weighted by molar-refractivity contribution is 7.97. The molecule has 0 aromatic carbocycles. The van der Waals surface area contributed by atoms with Gasteiger partial charge >= 0.3 is 0 Å². The van der Waals surface area contributed by atoms with Crippen molar-refractivity contribution in [2.24, 2.45) is 5.73 Å². The fourth-order valence-electron chi connectivity index (χ4n) is 0.804. The van der Waals surface area contributed by atoms with E-state index in [0.717, 1.165) is 11.6 Å². The second-order valence-electron chi connectivity index (χ2n) is 3.54. The smallest absolute Gasteiger partial charge is 0.233 e. The number of hydrogen-bond acceptors (Lipinski definition) is 5. The average Bonchev–Trinajstić information content (AvgIpc) is 2.54. The Bertz CT molecular complexity index is 272. The molecule has 5 heteroatoms. The number of nitrogens with two attached hydrogens (primary N) is 1. The van der Waals surface area contributed by atoms with Crippen LogP contribution in [0.4, 0.5) is 0 Å². The largest absolute Gasteiger partial charge is 0.339 e. The first-order valence-corrected chi connectivity index (χ1v) is 5.51. The van der Waals surface area contributed by atoms with Crippen molar-refractivity contribution in [3.05, 3.63) is 11.7 Å². The second-order valence-corrected chi connectivity index (χ2v) is 4.40. The molecule has 0 aliphatic carbocycles. The van der Waals surface area contributed by atoms with E-state index >= 15 is 0 Å². The van der Waals surface area contributed by atoms with Crippen LogP contribution in [0, 0.1) is 0 Å². The summed E-state index contributed by atoms with van der Waals surface area (Å²) >= 11 is 1.67. The van der Waals surface area contributed by atoms with Crippen LogP contribution < -0.4 is 5.73 Å². The van der Waals surface area contributed by atoms with Crippen LogP contribution in [-0.4, -0.2) is 22.9 Å². The Morgan fingerprint density at radius 3 is 2.77 bits per heavy atom. The van der Waals surface area contributed by atoms with Crippen LogP contribution in [-0.2, 0) is 11.2 Å². The summed E-state index contributed by atoms with van der Waals surface area (Å²) in [6.45, 7) is 4.49. The molecule has 2 N–H and O–H groups in total. The molecule has 1 aromatic rings. The van der Waals surface area contributed by atoms with E-state index in [-0.39, 0.29) is 5.41 Å². The Morgan fingerprint density at radius 1 is 1.54 bits per heavy atom. The van der Waals surface area contributed by atoms with Crippen LogP contribution in [0.5, 0.6) is 0 Å². The van der Waals surface area contributed by atoms with Gasteiger partial charge in [0.2, 0.25) is 5.89 Å². The fourth-order valence-corrected chi connectivity index (χ4v) is 1.18. The summed E-state index contributed by atoms with van der Waals surface area (Å²) in [7, 11) is 0. The van der Waals surface area contributed by atoms with Gasteiger partial charge in [-0.05, 0) is 20.1 Å². The maximum atomic E-state index is 5.59. The van der Waals surface area contributed by atoms with Crippen molar-refractivity contribution < 1.29 is 4.52 Å². The molecule has 0 amide bonds. The van der Waals surface area contributed by atoms with Crippen molar-refractivity contribution in [1.29, 1.82) is 0 Å². The summed E-state index contributed by atoms with van der Waals surface area (Å²) in [5, 5.41) is 3.86. The number of thioether (sulfide) groups is 1. The Hall–Kier alpha value is -0.550. The van der Waals surface area contributed by atoms with Crippen LogP contribution in [0.15, 0.2) is 4.52 Å². The molecule has 1 heterocycles. The highest BCUT2D eigenvalue weighted by atomic mass is 32.2. The monoisotopic (exact) mass is 201 g/mol. The van der Waals surface area contributed by atoms with Gasteiger partial charge in [0.15, 0.2) is 5.82 Å². The zero-order valence-corrected chi connectivity index (χ0v) is 9.02. The van der Waals surface area contributed by atoms with E-state index in [1.165, 1.54) is 0 Å². The number of aromatic nitrogens is 2. The third kappa shape index (κ3) is 2.45. The molecule has 1 aromatic heterocycles. The van der Waals surface area contributed by atoms with E-state index in [1.54, 1.807) is 11.8 Å². The molecule has 13 heavy (non-hydrogen) atoms. The minimum absolute atomic E-state index is 0.219. The fraction of sp³-hybridized carbons (Fsp3) is 0.750. The van der Waals surface area contributed by atoms with E-state index in [2.05, 4.69) is 10.1 Å². The van der Waals surface area contributed by atoms with Crippen molar-refractivity contribution in [2.45, 2.75) is 25.0 Å². The summed E-state index contributed by atoms with van der Waals surface area (Å²) in [4.78, 5) is 4.26. The summed E-state index contributed by atoms with van der Waals surface area (Å²) < 4.78 is 5.12. The van der Waals surface area contributed by atoms with Crippen LogP contribution in [0.3, 0.4) is 0 Å². The number of hydrogen-bond donors (Lipinski definition) is 1. The Labute approximate surface area is 82.3 Å². The van der Waals surface area contributed by atoms with Gasteiger partial charge in [-0.15, -0.1) is 0 Å². The van der Waals surface area contributed by atoms with Gasteiger partial charge < -0.3 is 10.3 Å². The maximum absolute atomic E-state index is 5.59. The standard InChI is InChI=1S/C8H15N3OS/c1-8(2,5-9)7-10-6(4-13-3)11-12-7/h4-5,9H2,1-3H3. The van der Waals surface area contributed by atoms with E-state index in [1.807, 2.05) is 20.1 Å². The van der Waals surface area contributed by atoms with E-state index in [0.29, 0.717) is 12.4 Å². The highest BCUT2D eigenvalue weighted by Crippen LogP contribution is 2.20. The maximum Gasteiger partial charge on any atom is 0.233 e. The third-order valence-electron chi connectivity index (χ3n) is 1.83. The van der Waals surface area contributed by atoms with Crippen LogP contribution in [0.2, 0.25) is 0 Å². The zero-order chi connectivity index (χ0) is 9.90. The molecule has 0 aliphatic heterocycles. The van der Waals surface area contributed by atoms with Gasteiger partial charge in [0, 0.05) is 6.54 Å². The quantitative estimate of drug-likeness (QED) is 0.792. The average molecular weight is 201 g/mol. The molecular formula is C8H15N3OS. The van der Waals surface area contributed by atoms with Crippen LogP contribution >= 0.6 is 11.8 Å². The van der Waals surface area contributed by atoms with Gasteiger partial charge in [0.1, 0.15) is 0 Å². The molecule has 1 rings (SSSR count). The van der Waals surface area contributed by atoms with Crippen LogP contribution in [0.1, 0.15) is 25.6 Å². The van der Waals surface area contributed by atoms with Crippen LogP contribution in [0.25, 0.3) is 0 Å². The van der Waals surface area contributed by atoms with E-state index in [9.17, 15) is 0 Å². The van der Waals surface area contributed by atoms with Gasteiger partial charge in [-0.2, -0.15) is 16.7 Å². The topological polar surface area (TPSA) is 64.9 Å². The molecule has 0 saturated heterocycles. The van der Waals surface area contributed by atoms with Gasteiger partial charge in [-0.3, -0.25) is 0 Å². The molecule has 0 spiro atoms. The first kappa shape index (κ1) is 10.5. The lowest BCUT2D eigenvalue weighted by atomic mass is 9.94. The lowest BCUT2D eigenvalue weighted by molar-refractivity contribution is 0.309. The molecule has 0 fully saturated rings. The van der Waals surface area contributed by atoms with E-state index < -0.39 is 0 Å². The van der Waals surface area contributed by atoms with Crippen molar-refractivity contribution >= 4 is 11.8 Å². The number of nitrogens with zero attached hydrogens (tertiary/aromatic N) is 2. The SMILES string of the molecule is CSCc1noc(C(C)(C)CN)n1.